The van der Waals surface area contributed by atoms with Crippen molar-refractivity contribution in [1.82, 2.24) is 15.0 Å². The molecule has 2 N–H and O–H groups in total. The average Bonchev–Trinajstić information content (AvgIpc) is 2.44. The molecule has 80 valence electrons. The van der Waals surface area contributed by atoms with Crippen LogP contribution in [0.25, 0.3) is 0 Å². The highest BCUT2D eigenvalue weighted by molar-refractivity contribution is 6.76. The van der Waals surface area contributed by atoms with Gasteiger partial charge >= 0.3 is 0 Å². The molecule has 6 heteroatoms. The summed E-state index contributed by atoms with van der Waals surface area (Å²) in [6, 6.07) is 1.16. The number of hydrogen-bond donors (Lipinski definition) is 1. The van der Waals surface area contributed by atoms with Gasteiger partial charge in [0.1, 0.15) is 6.73 Å². The van der Waals surface area contributed by atoms with Crippen molar-refractivity contribution >= 4 is 13.9 Å². The Kier molecular flexibility index (Phi) is 3.65. The molecule has 0 atom stereocenters. The van der Waals surface area contributed by atoms with Crippen molar-refractivity contribution in [2.75, 3.05) is 12.3 Å². The van der Waals surface area contributed by atoms with Crippen LogP contribution in [0.1, 0.15) is 0 Å². The molecule has 0 aromatic carbocycles. The van der Waals surface area contributed by atoms with Crippen LogP contribution in [0.4, 0.5) is 5.82 Å². The summed E-state index contributed by atoms with van der Waals surface area (Å²) < 4.78 is 7.05. The lowest BCUT2D eigenvalue weighted by Crippen LogP contribution is -2.22. The summed E-state index contributed by atoms with van der Waals surface area (Å²) in [5.74, 6) is 0.429. The number of nitrogens with two attached hydrogens (primary N) is 1. The third-order valence-electron chi connectivity index (χ3n) is 1.78. The molecule has 0 unspecified atom stereocenters. The van der Waals surface area contributed by atoms with Gasteiger partial charge in [-0.2, -0.15) is 0 Å². The smallest absolute Gasteiger partial charge is 0.166 e. The zero-order valence-corrected chi connectivity index (χ0v) is 10.0. The van der Waals surface area contributed by atoms with E-state index in [0.717, 1.165) is 12.7 Å². The molecule has 0 radical (unpaired) electrons. The second-order valence-electron chi connectivity index (χ2n) is 4.53. The van der Waals surface area contributed by atoms with Gasteiger partial charge in [0.05, 0.1) is 6.20 Å². The predicted octanol–water partition coefficient (Wildman–Crippen LogP) is 1.17. The Balaban J connectivity index is 2.16. The molecule has 0 bridgehead atoms. The van der Waals surface area contributed by atoms with Crippen LogP contribution in [0.15, 0.2) is 6.20 Å². The largest absolute Gasteiger partial charge is 0.381 e. The minimum atomic E-state index is -0.985. The van der Waals surface area contributed by atoms with Crippen LogP contribution < -0.4 is 5.73 Å². The number of hydrogen-bond acceptors (Lipinski definition) is 4. The van der Waals surface area contributed by atoms with E-state index in [4.69, 9.17) is 10.5 Å². The van der Waals surface area contributed by atoms with Crippen LogP contribution in [0, 0.1) is 0 Å². The molecule has 14 heavy (non-hydrogen) atoms. The van der Waals surface area contributed by atoms with Gasteiger partial charge < -0.3 is 10.5 Å². The van der Waals surface area contributed by atoms with Crippen molar-refractivity contribution in [2.24, 2.45) is 0 Å². The highest BCUT2D eigenvalue weighted by atomic mass is 28.3. The molecule has 0 aliphatic rings. The quantitative estimate of drug-likeness (QED) is 0.590. The first-order valence-corrected chi connectivity index (χ1v) is 8.41. The highest BCUT2D eigenvalue weighted by Crippen LogP contribution is 2.07. The lowest BCUT2D eigenvalue weighted by atomic mass is 10.8. The zero-order chi connectivity index (χ0) is 10.6. The molecule has 1 heterocycles. The third-order valence-corrected chi connectivity index (χ3v) is 3.48. The van der Waals surface area contributed by atoms with Gasteiger partial charge in [-0.3, -0.25) is 0 Å². The summed E-state index contributed by atoms with van der Waals surface area (Å²) >= 11 is 0. The molecule has 0 saturated carbocycles. The molecular formula is C8H18N4OSi. The number of nitrogens with zero attached hydrogens (tertiary/aromatic N) is 3. The second-order valence-corrected chi connectivity index (χ2v) is 10.2. The van der Waals surface area contributed by atoms with Crippen LogP contribution >= 0.6 is 0 Å². The van der Waals surface area contributed by atoms with Gasteiger partial charge in [-0.05, 0) is 6.04 Å². The van der Waals surface area contributed by atoms with E-state index in [1.807, 2.05) is 0 Å². The molecule has 1 rings (SSSR count). The second kappa shape index (κ2) is 4.56. The fourth-order valence-corrected chi connectivity index (χ4v) is 1.67. The summed E-state index contributed by atoms with van der Waals surface area (Å²) in [5.41, 5.74) is 5.41. The van der Waals surface area contributed by atoms with E-state index in [1.165, 1.54) is 0 Å². The summed E-state index contributed by atoms with van der Waals surface area (Å²) in [7, 11) is -0.985. The van der Waals surface area contributed by atoms with E-state index < -0.39 is 8.07 Å². The van der Waals surface area contributed by atoms with Gasteiger partial charge in [0.15, 0.2) is 5.82 Å². The summed E-state index contributed by atoms with van der Waals surface area (Å²) in [6.45, 7) is 8.20. The van der Waals surface area contributed by atoms with Gasteiger partial charge in [-0.1, -0.05) is 24.9 Å². The van der Waals surface area contributed by atoms with Crippen molar-refractivity contribution in [1.29, 1.82) is 0 Å². The maximum absolute atomic E-state index is 5.45. The summed E-state index contributed by atoms with van der Waals surface area (Å²) in [6.07, 6.45) is 1.66. The first-order valence-electron chi connectivity index (χ1n) is 4.71. The first-order chi connectivity index (χ1) is 6.47. The van der Waals surface area contributed by atoms with Gasteiger partial charge in [-0.15, -0.1) is 5.10 Å². The maximum Gasteiger partial charge on any atom is 0.166 e. The Morgan fingerprint density at radius 3 is 2.71 bits per heavy atom. The zero-order valence-electron chi connectivity index (χ0n) is 9.03. The summed E-state index contributed by atoms with van der Waals surface area (Å²) in [4.78, 5) is 0. The van der Waals surface area contributed by atoms with Crippen LogP contribution in [0.5, 0.6) is 0 Å². The van der Waals surface area contributed by atoms with Crippen molar-refractivity contribution in [2.45, 2.75) is 32.4 Å². The van der Waals surface area contributed by atoms with Gasteiger partial charge in [0.25, 0.3) is 0 Å². The van der Waals surface area contributed by atoms with Crippen molar-refractivity contribution in [3.63, 3.8) is 0 Å². The standard InChI is InChI=1S/C8H18N4OSi/c1-14(2,3)5-4-13-7-12-6-8(9)10-11-12/h6H,4-5,7,9H2,1-3H3. The number of rotatable bonds is 5. The van der Waals surface area contributed by atoms with E-state index in [1.54, 1.807) is 10.9 Å². The molecule has 1 aromatic rings. The van der Waals surface area contributed by atoms with E-state index >= 15 is 0 Å². The topological polar surface area (TPSA) is 66.0 Å². The third kappa shape index (κ3) is 4.38. The van der Waals surface area contributed by atoms with Crippen LogP contribution in [0.3, 0.4) is 0 Å². The SMILES string of the molecule is C[Si](C)(C)CCOCn1cc(N)nn1. The molecule has 0 aliphatic carbocycles. The number of nitrogen functional groups attached to an aromatic ring is 1. The van der Waals surface area contributed by atoms with Gasteiger partial charge in [0.2, 0.25) is 0 Å². The minimum absolute atomic E-state index is 0.429. The lowest BCUT2D eigenvalue weighted by molar-refractivity contribution is 0.0772. The molecule has 0 aliphatic heterocycles. The molecule has 5 nitrogen and oxygen atoms in total. The van der Waals surface area contributed by atoms with Crippen LogP contribution in [0.2, 0.25) is 25.7 Å². The monoisotopic (exact) mass is 214 g/mol. The minimum Gasteiger partial charge on any atom is -0.381 e. The molecule has 1 aromatic heterocycles. The van der Waals surface area contributed by atoms with E-state index in [-0.39, 0.29) is 0 Å². The van der Waals surface area contributed by atoms with Crippen LogP contribution in [-0.4, -0.2) is 29.7 Å². The highest BCUT2D eigenvalue weighted by Gasteiger charge is 2.11. The van der Waals surface area contributed by atoms with Crippen molar-refractivity contribution < 1.29 is 4.74 Å². The number of aromatic nitrogens is 3. The number of ether oxygens (including phenoxy) is 1. The Morgan fingerprint density at radius 2 is 2.21 bits per heavy atom. The Morgan fingerprint density at radius 1 is 1.50 bits per heavy atom. The van der Waals surface area contributed by atoms with E-state index in [2.05, 4.69) is 30.0 Å². The first kappa shape index (κ1) is 11.2. The Hall–Kier alpha value is -0.883. The average molecular weight is 214 g/mol. The normalized spacial score (nSPS) is 11.9. The fraction of sp³-hybridized carbons (Fsp3) is 0.750. The Labute approximate surface area is 85.3 Å². The molecule has 0 amide bonds. The lowest BCUT2D eigenvalue weighted by Gasteiger charge is -2.14. The van der Waals surface area contributed by atoms with E-state index in [0.29, 0.717) is 12.5 Å². The fourth-order valence-electron chi connectivity index (χ4n) is 0.913. The van der Waals surface area contributed by atoms with Gasteiger partial charge in [-0.25, -0.2) is 4.68 Å². The van der Waals surface area contributed by atoms with Crippen molar-refractivity contribution in [3.8, 4) is 0 Å². The molecule has 0 saturated heterocycles. The van der Waals surface area contributed by atoms with Crippen LogP contribution in [-0.2, 0) is 11.5 Å². The van der Waals surface area contributed by atoms with Crippen molar-refractivity contribution in [3.05, 3.63) is 6.20 Å². The van der Waals surface area contributed by atoms with E-state index in [9.17, 15) is 0 Å². The molecular weight excluding hydrogens is 196 g/mol. The predicted molar refractivity (Wildman–Crippen MR) is 58.5 cm³/mol. The maximum atomic E-state index is 5.45. The molecule has 0 spiro atoms. The molecule has 0 fully saturated rings. The summed E-state index contributed by atoms with van der Waals surface area (Å²) in [5, 5.41) is 7.44. The Bertz CT molecular complexity index is 281. The number of anilines is 1. The van der Waals surface area contributed by atoms with Gasteiger partial charge in [0, 0.05) is 14.7 Å².